The Balaban J connectivity index is 1.42. The van der Waals surface area contributed by atoms with E-state index in [1.807, 2.05) is 13.0 Å². The summed E-state index contributed by atoms with van der Waals surface area (Å²) in [5, 5.41) is 9.37. The molecule has 1 aromatic carbocycles. The fraction of sp³-hybridized carbons (Fsp3) is 0.526. The van der Waals surface area contributed by atoms with Gasteiger partial charge in [-0.25, -0.2) is 4.39 Å². The highest BCUT2D eigenvalue weighted by Gasteiger charge is 2.37. The van der Waals surface area contributed by atoms with Gasteiger partial charge in [-0.15, -0.1) is 10.2 Å². The summed E-state index contributed by atoms with van der Waals surface area (Å²) in [6, 6.07) is 6.88. The maximum Gasteiger partial charge on any atom is 0.235 e. The van der Waals surface area contributed by atoms with Crippen LogP contribution in [0.15, 0.2) is 29.4 Å². The zero-order valence-corrected chi connectivity index (χ0v) is 15.9. The van der Waals surface area contributed by atoms with Crippen molar-refractivity contribution in [2.24, 2.45) is 0 Å². The summed E-state index contributed by atoms with van der Waals surface area (Å²) in [7, 11) is 1.76. The maximum absolute atomic E-state index is 13.3. The van der Waals surface area contributed by atoms with Gasteiger partial charge < -0.3 is 9.47 Å². The van der Waals surface area contributed by atoms with Crippen molar-refractivity contribution in [3.05, 3.63) is 41.5 Å². The third-order valence-electron chi connectivity index (χ3n) is 4.86. The summed E-state index contributed by atoms with van der Waals surface area (Å²) < 4.78 is 15.6. The van der Waals surface area contributed by atoms with Gasteiger partial charge in [0.25, 0.3) is 0 Å². The fourth-order valence-corrected chi connectivity index (χ4v) is 4.21. The molecule has 5 nitrogen and oxygen atoms in total. The number of halogens is 1. The van der Waals surface area contributed by atoms with Crippen molar-refractivity contribution in [1.82, 2.24) is 19.7 Å². The number of thioether (sulfide) groups is 1. The summed E-state index contributed by atoms with van der Waals surface area (Å²) in [5.41, 5.74) is 0.787. The molecule has 2 aromatic rings. The Morgan fingerprint density at radius 2 is 2.12 bits per heavy atom. The lowest BCUT2D eigenvalue weighted by molar-refractivity contribution is -0.129. The van der Waals surface area contributed by atoms with E-state index in [1.165, 1.54) is 49.6 Å². The zero-order valence-electron chi connectivity index (χ0n) is 15.1. The molecule has 2 saturated carbocycles. The van der Waals surface area contributed by atoms with Crippen LogP contribution in [0.3, 0.4) is 0 Å². The lowest BCUT2D eigenvalue weighted by atomic mass is 10.2. The van der Waals surface area contributed by atoms with Crippen LogP contribution in [0.5, 0.6) is 0 Å². The molecule has 0 radical (unpaired) electrons. The highest BCUT2D eigenvalue weighted by molar-refractivity contribution is 8.00. The summed E-state index contributed by atoms with van der Waals surface area (Å²) >= 11 is 1.48. The number of carbonyl (C=O) groups excluding carboxylic acids is 1. The Labute approximate surface area is 157 Å². The van der Waals surface area contributed by atoms with E-state index >= 15 is 0 Å². The molecule has 2 aliphatic carbocycles. The number of amides is 1. The average molecular weight is 374 g/mol. The van der Waals surface area contributed by atoms with Crippen LogP contribution in [0.2, 0.25) is 0 Å². The number of benzene rings is 1. The van der Waals surface area contributed by atoms with Crippen molar-refractivity contribution in [2.75, 3.05) is 7.05 Å². The highest BCUT2D eigenvalue weighted by atomic mass is 32.2. The minimum atomic E-state index is -0.282. The summed E-state index contributed by atoms with van der Waals surface area (Å²) in [6.07, 6.45) is 4.74. The molecule has 138 valence electrons. The summed E-state index contributed by atoms with van der Waals surface area (Å²) in [6.45, 7) is 2.29. The van der Waals surface area contributed by atoms with E-state index in [4.69, 9.17) is 0 Å². The van der Waals surface area contributed by atoms with Crippen LogP contribution in [-0.2, 0) is 11.3 Å². The molecule has 0 bridgehead atoms. The van der Waals surface area contributed by atoms with Crippen LogP contribution in [0.4, 0.5) is 4.39 Å². The summed E-state index contributed by atoms with van der Waals surface area (Å²) in [5.74, 6) is 1.38. The van der Waals surface area contributed by atoms with Crippen LogP contribution >= 0.6 is 11.8 Å². The third-order valence-corrected chi connectivity index (χ3v) is 5.90. The number of aromatic nitrogens is 3. The highest BCUT2D eigenvalue weighted by Crippen LogP contribution is 2.46. The first-order valence-corrected chi connectivity index (χ1v) is 10.0. The molecule has 2 fully saturated rings. The topological polar surface area (TPSA) is 51.0 Å². The smallest absolute Gasteiger partial charge is 0.235 e. The Kier molecular flexibility index (Phi) is 4.73. The van der Waals surface area contributed by atoms with Crippen molar-refractivity contribution in [1.29, 1.82) is 0 Å². The average Bonchev–Trinajstić information content (AvgIpc) is 3.53. The van der Waals surface area contributed by atoms with Crippen molar-refractivity contribution >= 4 is 17.7 Å². The van der Waals surface area contributed by atoms with Gasteiger partial charge in [-0.2, -0.15) is 0 Å². The van der Waals surface area contributed by atoms with E-state index in [2.05, 4.69) is 14.8 Å². The van der Waals surface area contributed by atoms with Crippen molar-refractivity contribution in [2.45, 2.75) is 61.5 Å². The Hall–Kier alpha value is -1.89. The van der Waals surface area contributed by atoms with Gasteiger partial charge in [-0.1, -0.05) is 23.9 Å². The van der Waals surface area contributed by atoms with Gasteiger partial charge in [0.15, 0.2) is 5.16 Å². The molecule has 0 aliphatic heterocycles. The second kappa shape index (κ2) is 7.02. The van der Waals surface area contributed by atoms with Gasteiger partial charge in [-0.05, 0) is 50.3 Å². The molecule has 0 spiro atoms. The van der Waals surface area contributed by atoms with Gasteiger partial charge in [0.05, 0.1) is 5.25 Å². The molecule has 0 saturated heterocycles. The van der Waals surface area contributed by atoms with Gasteiger partial charge in [0, 0.05) is 25.6 Å². The van der Waals surface area contributed by atoms with E-state index in [0.717, 1.165) is 16.5 Å². The van der Waals surface area contributed by atoms with Gasteiger partial charge >= 0.3 is 0 Å². The second-order valence-electron chi connectivity index (χ2n) is 7.30. The largest absolute Gasteiger partial charge is 0.340 e. The minimum absolute atomic E-state index is 0.0116. The third kappa shape index (κ3) is 3.77. The quantitative estimate of drug-likeness (QED) is 0.692. The first-order valence-electron chi connectivity index (χ1n) is 9.14. The normalized spacial score (nSPS) is 18.0. The van der Waals surface area contributed by atoms with E-state index in [-0.39, 0.29) is 17.0 Å². The van der Waals surface area contributed by atoms with Gasteiger partial charge in [0.1, 0.15) is 11.6 Å². The molecule has 1 atom stereocenters. The molecule has 0 unspecified atom stereocenters. The van der Waals surface area contributed by atoms with Crippen LogP contribution in [0, 0.1) is 5.82 Å². The predicted octanol–water partition coefficient (Wildman–Crippen LogP) is 3.77. The molecule has 4 rings (SSSR count). The molecular formula is C19H23FN4OS. The van der Waals surface area contributed by atoms with E-state index in [0.29, 0.717) is 18.5 Å². The fourth-order valence-electron chi connectivity index (χ4n) is 3.17. The minimum Gasteiger partial charge on any atom is -0.340 e. The molecule has 1 amide bonds. The Morgan fingerprint density at radius 3 is 2.77 bits per heavy atom. The monoisotopic (exact) mass is 374 g/mol. The number of carbonyl (C=O) groups is 1. The first kappa shape index (κ1) is 17.5. The van der Waals surface area contributed by atoms with Crippen LogP contribution < -0.4 is 0 Å². The van der Waals surface area contributed by atoms with Gasteiger partial charge in [-0.3, -0.25) is 4.79 Å². The summed E-state index contributed by atoms with van der Waals surface area (Å²) in [4.78, 5) is 14.4. The maximum atomic E-state index is 13.3. The molecule has 26 heavy (non-hydrogen) atoms. The van der Waals surface area contributed by atoms with Crippen molar-refractivity contribution in [3.63, 3.8) is 0 Å². The number of hydrogen-bond acceptors (Lipinski definition) is 4. The molecule has 1 aromatic heterocycles. The van der Waals surface area contributed by atoms with E-state index in [1.54, 1.807) is 18.0 Å². The second-order valence-corrected chi connectivity index (χ2v) is 8.61. The van der Waals surface area contributed by atoms with Crippen molar-refractivity contribution < 1.29 is 9.18 Å². The standard InChI is InChI=1S/C19H23FN4OS/c1-12(18(25)23(2)11-13-4-3-5-15(20)10-13)26-19-22-21-17(14-6-7-14)24(19)16-8-9-16/h3-5,10,12,14,16H,6-9,11H2,1-2H3/t12-/m0/s1. The number of hydrogen-bond donors (Lipinski definition) is 0. The van der Waals surface area contributed by atoms with E-state index < -0.39 is 0 Å². The number of nitrogens with zero attached hydrogens (tertiary/aromatic N) is 4. The van der Waals surface area contributed by atoms with Crippen molar-refractivity contribution in [3.8, 4) is 0 Å². The lowest BCUT2D eigenvalue weighted by Crippen LogP contribution is -2.33. The Morgan fingerprint density at radius 1 is 1.35 bits per heavy atom. The molecular weight excluding hydrogens is 351 g/mol. The lowest BCUT2D eigenvalue weighted by Gasteiger charge is -2.21. The van der Waals surface area contributed by atoms with Gasteiger partial charge in [0.2, 0.25) is 5.91 Å². The molecule has 1 heterocycles. The molecule has 2 aliphatic rings. The first-order chi connectivity index (χ1) is 12.5. The molecule has 7 heteroatoms. The van der Waals surface area contributed by atoms with Crippen LogP contribution in [-0.4, -0.2) is 37.9 Å². The zero-order chi connectivity index (χ0) is 18.3. The molecule has 0 N–H and O–H groups in total. The van der Waals surface area contributed by atoms with Crippen LogP contribution in [0.1, 0.15) is 56.0 Å². The Bertz CT molecular complexity index is 816. The number of rotatable bonds is 7. The van der Waals surface area contributed by atoms with Crippen LogP contribution in [0.25, 0.3) is 0 Å². The van der Waals surface area contributed by atoms with E-state index in [9.17, 15) is 9.18 Å². The SMILES string of the molecule is C[C@H](Sc1nnc(C2CC2)n1C1CC1)C(=O)N(C)Cc1cccc(F)c1. The predicted molar refractivity (Wildman–Crippen MR) is 98.5 cm³/mol.